The van der Waals surface area contributed by atoms with E-state index in [-0.39, 0.29) is 12.8 Å². The van der Waals surface area contributed by atoms with Crippen molar-refractivity contribution in [2.45, 2.75) is 30.3 Å². The van der Waals surface area contributed by atoms with Gasteiger partial charge in [-0.3, -0.25) is 4.79 Å². The number of aliphatic hydroxyl groups excluding tert-OH is 1. The number of rotatable bonds is 5. The van der Waals surface area contributed by atoms with Crippen molar-refractivity contribution in [2.24, 2.45) is 0 Å². The summed E-state index contributed by atoms with van der Waals surface area (Å²) in [6.45, 7) is -0.637. The summed E-state index contributed by atoms with van der Waals surface area (Å²) < 4.78 is 15.7. The first kappa shape index (κ1) is 17.6. The molecule has 0 heterocycles. The van der Waals surface area contributed by atoms with Gasteiger partial charge in [-0.1, -0.05) is 18.2 Å². The zero-order valence-corrected chi connectivity index (χ0v) is 13.0. The van der Waals surface area contributed by atoms with E-state index in [1.807, 2.05) is 0 Å². The lowest BCUT2D eigenvalue weighted by atomic mass is 9.78. The summed E-state index contributed by atoms with van der Waals surface area (Å²) >= 11 is 0. The maximum atomic E-state index is 12.4. The fourth-order valence-corrected chi connectivity index (χ4v) is 2.74. The Morgan fingerprint density at radius 1 is 1.26 bits per heavy atom. The van der Waals surface area contributed by atoms with Crippen LogP contribution in [-0.4, -0.2) is 60.3 Å². The smallest absolute Gasteiger partial charge is 0.338 e. The van der Waals surface area contributed by atoms with Crippen molar-refractivity contribution < 1.29 is 34.0 Å². The Bertz CT molecular complexity index is 567. The number of methoxy groups -OCH3 is 2. The number of carbonyl (C=O) groups excluding carboxylic acids is 2. The molecule has 0 aliphatic heterocycles. The molecule has 0 bridgehead atoms. The average molecular weight is 324 g/mol. The molecule has 0 saturated heterocycles. The number of esters is 1. The molecule has 1 saturated carbocycles. The number of ketones is 1. The lowest BCUT2D eigenvalue weighted by molar-refractivity contribution is -0.268. The van der Waals surface area contributed by atoms with Crippen LogP contribution < -0.4 is 0 Å². The second-order valence-electron chi connectivity index (χ2n) is 5.52. The zero-order chi connectivity index (χ0) is 17.1. The minimum absolute atomic E-state index is 0.185. The Kier molecular flexibility index (Phi) is 5.16. The summed E-state index contributed by atoms with van der Waals surface area (Å²) in [6.07, 6.45) is -1.73. The highest BCUT2D eigenvalue weighted by atomic mass is 16.7. The number of aliphatic hydroxyl groups is 2. The molecule has 2 N–H and O–H groups in total. The fraction of sp³-hybridized carbons (Fsp3) is 0.500. The molecule has 0 amide bonds. The number of hydrogen-bond donors (Lipinski definition) is 2. The Hall–Kier alpha value is -1.80. The number of benzene rings is 1. The van der Waals surface area contributed by atoms with Gasteiger partial charge in [-0.05, 0) is 12.1 Å². The topological polar surface area (TPSA) is 102 Å². The van der Waals surface area contributed by atoms with Gasteiger partial charge in [0.15, 0.2) is 11.9 Å². The van der Waals surface area contributed by atoms with Gasteiger partial charge in [0.25, 0.3) is 5.79 Å². The first-order valence-electron chi connectivity index (χ1n) is 7.13. The minimum atomic E-state index is -1.80. The number of hydrogen-bond acceptors (Lipinski definition) is 7. The molecule has 0 unspecified atom stereocenters. The van der Waals surface area contributed by atoms with Crippen LogP contribution in [-0.2, 0) is 19.0 Å². The van der Waals surface area contributed by atoms with Crippen LogP contribution in [0, 0.1) is 0 Å². The molecule has 0 aromatic heterocycles. The van der Waals surface area contributed by atoms with Gasteiger partial charge in [-0.15, -0.1) is 0 Å². The molecule has 2 rings (SSSR count). The Labute approximate surface area is 133 Å². The van der Waals surface area contributed by atoms with E-state index < -0.39 is 35.9 Å². The third-order valence-electron chi connectivity index (χ3n) is 4.03. The highest BCUT2D eigenvalue weighted by Crippen LogP contribution is 2.37. The molecule has 1 aromatic carbocycles. The minimum Gasteiger partial charge on any atom is -0.452 e. The van der Waals surface area contributed by atoms with Crippen LogP contribution >= 0.6 is 0 Å². The quantitative estimate of drug-likeness (QED) is 0.593. The van der Waals surface area contributed by atoms with Crippen LogP contribution in [0.15, 0.2) is 30.3 Å². The number of Topliss-reactive ketones (excluding diaryl/α,β-unsaturated/α-hetero) is 1. The number of carbonyl (C=O) groups is 2. The third kappa shape index (κ3) is 3.28. The predicted molar refractivity (Wildman–Crippen MR) is 78.7 cm³/mol. The summed E-state index contributed by atoms with van der Waals surface area (Å²) in [5.74, 6) is -3.08. The molecule has 0 spiro atoms. The molecule has 23 heavy (non-hydrogen) atoms. The highest BCUT2D eigenvalue weighted by molar-refractivity contribution is 5.92. The van der Waals surface area contributed by atoms with Crippen molar-refractivity contribution in [3.63, 3.8) is 0 Å². The normalized spacial score (nSPS) is 26.8. The van der Waals surface area contributed by atoms with Crippen molar-refractivity contribution in [3.8, 4) is 0 Å². The maximum absolute atomic E-state index is 12.4. The van der Waals surface area contributed by atoms with Gasteiger partial charge in [-0.2, -0.15) is 0 Å². The molecule has 7 heteroatoms. The molecule has 2 atom stereocenters. The standard InChI is InChI=1S/C16H20O7/c1-21-16(22-2)12(18)8-15(20,10-17)9-13(16)23-14(19)11-6-4-3-5-7-11/h3-7,13,17,20H,8-10H2,1-2H3/t13-,15+/m1/s1. The van der Waals surface area contributed by atoms with E-state index >= 15 is 0 Å². The summed E-state index contributed by atoms with van der Waals surface area (Å²) in [5.41, 5.74) is -1.39. The molecule has 0 radical (unpaired) electrons. The van der Waals surface area contributed by atoms with Crippen molar-refractivity contribution in [1.29, 1.82) is 0 Å². The highest BCUT2D eigenvalue weighted by Gasteiger charge is 2.58. The van der Waals surface area contributed by atoms with E-state index in [9.17, 15) is 19.8 Å². The van der Waals surface area contributed by atoms with E-state index in [2.05, 4.69) is 0 Å². The van der Waals surface area contributed by atoms with E-state index in [4.69, 9.17) is 14.2 Å². The van der Waals surface area contributed by atoms with Crippen LogP contribution in [0.5, 0.6) is 0 Å². The first-order valence-corrected chi connectivity index (χ1v) is 7.13. The van der Waals surface area contributed by atoms with Gasteiger partial charge in [0.1, 0.15) is 0 Å². The number of ether oxygens (including phenoxy) is 3. The zero-order valence-electron chi connectivity index (χ0n) is 13.0. The van der Waals surface area contributed by atoms with Crippen LogP contribution in [0.4, 0.5) is 0 Å². The van der Waals surface area contributed by atoms with Gasteiger partial charge in [0.2, 0.25) is 0 Å². The largest absolute Gasteiger partial charge is 0.452 e. The molecular formula is C16H20O7. The molecule has 126 valence electrons. The van der Waals surface area contributed by atoms with Crippen molar-refractivity contribution in [1.82, 2.24) is 0 Å². The third-order valence-corrected chi connectivity index (χ3v) is 4.03. The summed E-state index contributed by atoms with van der Waals surface area (Å²) in [5, 5.41) is 19.6. The summed E-state index contributed by atoms with van der Waals surface area (Å²) in [4.78, 5) is 24.6. The second-order valence-corrected chi connectivity index (χ2v) is 5.52. The monoisotopic (exact) mass is 324 g/mol. The Balaban J connectivity index is 2.30. The van der Waals surface area contributed by atoms with Gasteiger partial charge < -0.3 is 24.4 Å². The van der Waals surface area contributed by atoms with Gasteiger partial charge in [0, 0.05) is 27.1 Å². The summed E-state index contributed by atoms with van der Waals surface area (Å²) in [7, 11) is 2.52. The molecule has 1 aliphatic carbocycles. The molecule has 7 nitrogen and oxygen atoms in total. The molecule has 1 fully saturated rings. The van der Waals surface area contributed by atoms with E-state index in [0.717, 1.165) is 0 Å². The lowest BCUT2D eigenvalue weighted by Crippen LogP contribution is -2.63. The fourth-order valence-electron chi connectivity index (χ4n) is 2.74. The average Bonchev–Trinajstić information content (AvgIpc) is 2.56. The van der Waals surface area contributed by atoms with E-state index in [1.165, 1.54) is 14.2 Å². The Morgan fingerprint density at radius 3 is 2.39 bits per heavy atom. The summed E-state index contributed by atoms with van der Waals surface area (Å²) in [6, 6.07) is 8.22. The second kappa shape index (κ2) is 6.76. The predicted octanol–water partition coefficient (Wildman–Crippen LogP) is 0.287. The van der Waals surface area contributed by atoms with Crippen LogP contribution in [0.2, 0.25) is 0 Å². The van der Waals surface area contributed by atoms with Gasteiger partial charge in [-0.25, -0.2) is 4.79 Å². The van der Waals surface area contributed by atoms with Crippen LogP contribution in [0.1, 0.15) is 23.2 Å². The molecular weight excluding hydrogens is 304 g/mol. The molecule has 1 aliphatic rings. The van der Waals surface area contributed by atoms with Gasteiger partial charge >= 0.3 is 5.97 Å². The van der Waals surface area contributed by atoms with Crippen LogP contribution in [0.3, 0.4) is 0 Å². The maximum Gasteiger partial charge on any atom is 0.338 e. The molecule has 1 aromatic rings. The van der Waals surface area contributed by atoms with E-state index in [1.54, 1.807) is 30.3 Å². The lowest BCUT2D eigenvalue weighted by Gasteiger charge is -2.44. The van der Waals surface area contributed by atoms with Gasteiger partial charge in [0.05, 0.1) is 17.8 Å². The van der Waals surface area contributed by atoms with Crippen molar-refractivity contribution in [2.75, 3.05) is 20.8 Å². The van der Waals surface area contributed by atoms with Crippen molar-refractivity contribution in [3.05, 3.63) is 35.9 Å². The Morgan fingerprint density at radius 2 is 1.87 bits per heavy atom. The SMILES string of the molecule is COC1(OC)C(=O)C[C@@](O)(CO)C[C@H]1OC(=O)c1ccccc1. The van der Waals surface area contributed by atoms with Crippen LogP contribution in [0.25, 0.3) is 0 Å². The first-order chi connectivity index (χ1) is 10.9. The van der Waals surface area contributed by atoms with E-state index in [0.29, 0.717) is 5.56 Å². The van der Waals surface area contributed by atoms with Crippen molar-refractivity contribution >= 4 is 11.8 Å².